The van der Waals surface area contributed by atoms with E-state index in [0.29, 0.717) is 26.1 Å². The van der Waals surface area contributed by atoms with Gasteiger partial charge in [-0.05, 0) is 25.8 Å². The maximum Gasteiger partial charge on any atom is 0.303 e. The van der Waals surface area contributed by atoms with E-state index < -0.39 is 18.2 Å². The van der Waals surface area contributed by atoms with Crippen LogP contribution in [0.25, 0.3) is 0 Å². The average Bonchev–Trinajstić information content (AvgIpc) is 2.94. The van der Waals surface area contributed by atoms with E-state index in [4.69, 9.17) is 5.11 Å². The highest BCUT2D eigenvalue weighted by atomic mass is 16.4. The van der Waals surface area contributed by atoms with Gasteiger partial charge in [0.05, 0.1) is 12.2 Å². The third-order valence-corrected chi connectivity index (χ3v) is 8.58. The number of unbranched alkanes of at least 4 members (excludes halogenated alkanes) is 22. The third kappa shape index (κ3) is 32.1. The highest BCUT2D eigenvalue weighted by Gasteiger charge is 2.16. The molecule has 0 amide bonds. The Balaban J connectivity index is 3.95. The van der Waals surface area contributed by atoms with Gasteiger partial charge in [-0.3, -0.25) is 9.69 Å². The van der Waals surface area contributed by atoms with E-state index in [-0.39, 0.29) is 6.42 Å². The minimum Gasteiger partial charge on any atom is -0.481 e. The minimum absolute atomic E-state index is 0.139. The van der Waals surface area contributed by atoms with E-state index in [1.165, 1.54) is 141 Å². The molecule has 0 aromatic carbocycles. The van der Waals surface area contributed by atoms with E-state index in [1.807, 2.05) is 0 Å². The van der Waals surface area contributed by atoms with Gasteiger partial charge in [-0.15, -0.1) is 0 Å². The Labute approximate surface area is 256 Å². The van der Waals surface area contributed by atoms with Crippen molar-refractivity contribution in [3.8, 4) is 0 Å². The Morgan fingerprint density at radius 2 is 0.780 bits per heavy atom. The molecule has 0 rings (SSSR count). The summed E-state index contributed by atoms with van der Waals surface area (Å²) >= 11 is 0. The van der Waals surface area contributed by atoms with Gasteiger partial charge in [0, 0.05) is 19.5 Å². The van der Waals surface area contributed by atoms with Crippen LogP contribution in [0.1, 0.15) is 194 Å². The van der Waals surface area contributed by atoms with Crippen molar-refractivity contribution in [2.75, 3.05) is 19.6 Å². The van der Waals surface area contributed by atoms with E-state index in [2.05, 4.69) is 18.7 Å². The molecule has 246 valence electrons. The van der Waals surface area contributed by atoms with Crippen LogP contribution in [0.15, 0.2) is 0 Å². The topological polar surface area (TPSA) is 81.0 Å². The Kier molecular flexibility index (Phi) is 31.8. The summed E-state index contributed by atoms with van der Waals surface area (Å²) in [6, 6.07) is 0. The quantitative estimate of drug-likeness (QED) is 0.0657. The molecule has 0 fully saturated rings. The first-order chi connectivity index (χ1) is 20.0. The molecule has 41 heavy (non-hydrogen) atoms. The molecule has 0 aromatic heterocycles. The van der Waals surface area contributed by atoms with Crippen LogP contribution in [0.3, 0.4) is 0 Å². The van der Waals surface area contributed by atoms with Gasteiger partial charge in [-0.2, -0.15) is 0 Å². The second kappa shape index (κ2) is 32.3. The molecular weight excluding hydrogens is 510 g/mol. The first kappa shape index (κ1) is 40.4. The summed E-state index contributed by atoms with van der Waals surface area (Å²) in [4.78, 5) is 13.1. The fourth-order valence-electron chi connectivity index (χ4n) is 5.93. The zero-order valence-electron chi connectivity index (χ0n) is 27.8. The molecule has 2 atom stereocenters. The Morgan fingerprint density at radius 3 is 1.07 bits per heavy atom. The van der Waals surface area contributed by atoms with Crippen LogP contribution in [0.5, 0.6) is 0 Å². The molecule has 0 saturated heterocycles. The summed E-state index contributed by atoms with van der Waals surface area (Å²) in [5.74, 6) is -0.779. The fourth-order valence-corrected chi connectivity index (χ4v) is 5.93. The van der Waals surface area contributed by atoms with E-state index in [0.717, 1.165) is 25.7 Å². The predicted molar refractivity (Wildman–Crippen MR) is 177 cm³/mol. The molecule has 0 radical (unpaired) electrons. The van der Waals surface area contributed by atoms with Crippen LogP contribution in [0, 0.1) is 0 Å². The first-order valence-corrected chi connectivity index (χ1v) is 18.3. The zero-order chi connectivity index (χ0) is 30.2. The van der Waals surface area contributed by atoms with Crippen molar-refractivity contribution in [1.29, 1.82) is 0 Å². The van der Waals surface area contributed by atoms with Crippen molar-refractivity contribution in [3.63, 3.8) is 0 Å². The predicted octanol–water partition coefficient (Wildman–Crippen LogP) is 10.1. The number of carbonyl (C=O) groups is 1. The molecule has 3 N–H and O–H groups in total. The number of hydrogen-bond acceptors (Lipinski definition) is 4. The van der Waals surface area contributed by atoms with Crippen LogP contribution >= 0.6 is 0 Å². The average molecular weight is 584 g/mol. The lowest BCUT2D eigenvalue weighted by atomic mass is 10.0. The van der Waals surface area contributed by atoms with Crippen molar-refractivity contribution >= 4 is 5.97 Å². The highest BCUT2D eigenvalue weighted by Crippen LogP contribution is 2.15. The molecule has 0 saturated carbocycles. The molecule has 5 heteroatoms. The molecule has 0 spiro atoms. The maximum atomic E-state index is 11.0. The van der Waals surface area contributed by atoms with Crippen molar-refractivity contribution < 1.29 is 20.1 Å². The summed E-state index contributed by atoms with van der Waals surface area (Å²) in [7, 11) is 0. The van der Waals surface area contributed by atoms with Crippen molar-refractivity contribution in [2.24, 2.45) is 0 Å². The van der Waals surface area contributed by atoms with Crippen molar-refractivity contribution in [3.05, 3.63) is 0 Å². The number of nitrogens with zero attached hydrogens (tertiary/aromatic N) is 1. The van der Waals surface area contributed by atoms with Gasteiger partial charge in [0.25, 0.3) is 0 Å². The molecule has 0 aliphatic heterocycles. The lowest BCUT2D eigenvalue weighted by molar-refractivity contribution is -0.137. The van der Waals surface area contributed by atoms with Gasteiger partial charge in [-0.25, -0.2) is 0 Å². The standard InChI is InChI=1S/C36H73NO4/c1-3-5-7-9-11-13-15-17-19-21-23-25-28-34(38)32-37(31-27-30-36(40)41)33-35(39)29-26-24-22-20-18-16-14-12-10-8-6-4-2/h34-35,38-39H,3-33H2,1-2H3,(H,40,41). The maximum absolute atomic E-state index is 11.0. The van der Waals surface area contributed by atoms with Crippen LogP contribution in [0.2, 0.25) is 0 Å². The van der Waals surface area contributed by atoms with E-state index in [1.54, 1.807) is 0 Å². The normalized spacial score (nSPS) is 13.2. The van der Waals surface area contributed by atoms with Gasteiger partial charge >= 0.3 is 5.97 Å². The second-order valence-corrected chi connectivity index (χ2v) is 12.9. The number of aliphatic hydroxyl groups excluding tert-OH is 2. The highest BCUT2D eigenvalue weighted by molar-refractivity contribution is 5.66. The van der Waals surface area contributed by atoms with Gasteiger partial charge in [0.2, 0.25) is 0 Å². The summed E-state index contributed by atoms with van der Waals surface area (Å²) < 4.78 is 0. The number of rotatable bonds is 34. The Morgan fingerprint density at radius 1 is 0.488 bits per heavy atom. The molecule has 0 aromatic rings. The number of carboxylic acid groups (broad SMARTS) is 1. The summed E-state index contributed by atoms with van der Waals surface area (Å²) in [6.07, 6.45) is 33.0. The summed E-state index contributed by atoms with van der Waals surface area (Å²) in [5, 5.41) is 30.3. The molecular formula is C36H73NO4. The SMILES string of the molecule is CCCCCCCCCCCCCCC(O)CN(CCCC(=O)O)CC(O)CCCCCCCCCCCCCC. The monoisotopic (exact) mass is 584 g/mol. The second-order valence-electron chi connectivity index (χ2n) is 12.9. The molecule has 2 unspecified atom stereocenters. The smallest absolute Gasteiger partial charge is 0.303 e. The van der Waals surface area contributed by atoms with Gasteiger partial charge in [0.15, 0.2) is 0 Å². The summed E-state index contributed by atoms with van der Waals surface area (Å²) in [6.45, 7) is 6.23. The molecule has 5 nitrogen and oxygen atoms in total. The number of carboxylic acids is 1. The number of hydrogen-bond donors (Lipinski definition) is 3. The Bertz CT molecular complexity index is 494. The molecule has 0 heterocycles. The van der Waals surface area contributed by atoms with Crippen LogP contribution in [0.4, 0.5) is 0 Å². The van der Waals surface area contributed by atoms with Crippen molar-refractivity contribution in [2.45, 2.75) is 206 Å². The van der Waals surface area contributed by atoms with Crippen molar-refractivity contribution in [1.82, 2.24) is 4.90 Å². The van der Waals surface area contributed by atoms with Crippen LogP contribution in [-0.2, 0) is 4.79 Å². The van der Waals surface area contributed by atoms with Gasteiger partial charge < -0.3 is 15.3 Å². The minimum atomic E-state index is -0.779. The first-order valence-electron chi connectivity index (χ1n) is 18.3. The van der Waals surface area contributed by atoms with Crippen LogP contribution in [-0.4, -0.2) is 58.0 Å². The zero-order valence-corrected chi connectivity index (χ0v) is 27.8. The van der Waals surface area contributed by atoms with Gasteiger partial charge in [-0.1, -0.05) is 168 Å². The molecule has 0 aliphatic rings. The third-order valence-electron chi connectivity index (χ3n) is 8.58. The van der Waals surface area contributed by atoms with Crippen LogP contribution < -0.4 is 0 Å². The Hall–Kier alpha value is -0.650. The van der Waals surface area contributed by atoms with E-state index >= 15 is 0 Å². The lowest BCUT2D eigenvalue weighted by Crippen LogP contribution is -2.38. The fraction of sp³-hybridized carbons (Fsp3) is 0.972. The molecule has 0 aliphatic carbocycles. The molecule has 0 bridgehead atoms. The van der Waals surface area contributed by atoms with E-state index in [9.17, 15) is 15.0 Å². The largest absolute Gasteiger partial charge is 0.481 e. The number of aliphatic carboxylic acids is 1. The van der Waals surface area contributed by atoms with Gasteiger partial charge in [0.1, 0.15) is 0 Å². The summed E-state index contributed by atoms with van der Waals surface area (Å²) in [5.41, 5.74) is 0. The lowest BCUT2D eigenvalue weighted by Gasteiger charge is -2.27. The number of aliphatic hydroxyl groups is 2.